The van der Waals surface area contributed by atoms with Crippen molar-refractivity contribution in [1.82, 2.24) is 20.4 Å². The van der Waals surface area contributed by atoms with Gasteiger partial charge in [-0.05, 0) is 37.8 Å². The molecule has 0 saturated heterocycles. The van der Waals surface area contributed by atoms with Crippen LogP contribution in [0.25, 0.3) is 0 Å². The van der Waals surface area contributed by atoms with Crippen LogP contribution in [0.2, 0.25) is 0 Å². The summed E-state index contributed by atoms with van der Waals surface area (Å²) >= 11 is 0. The van der Waals surface area contributed by atoms with E-state index in [0.717, 1.165) is 29.9 Å². The van der Waals surface area contributed by atoms with Gasteiger partial charge in [0.2, 0.25) is 11.8 Å². The monoisotopic (exact) mass is 370 g/mol. The SMILES string of the molecule is Cc1cc(C)n(CCCNC(=O)C(NC(=O)Cc2ccccc2)C(C)C)n1. The zero-order valence-corrected chi connectivity index (χ0v) is 16.7. The Morgan fingerprint density at radius 3 is 2.44 bits per heavy atom. The molecule has 1 atom stereocenters. The summed E-state index contributed by atoms with van der Waals surface area (Å²) in [5.41, 5.74) is 3.05. The highest BCUT2D eigenvalue weighted by Gasteiger charge is 2.23. The van der Waals surface area contributed by atoms with Crippen molar-refractivity contribution >= 4 is 11.8 Å². The number of benzene rings is 1. The van der Waals surface area contributed by atoms with Gasteiger partial charge in [0.15, 0.2) is 0 Å². The molecule has 2 N–H and O–H groups in total. The van der Waals surface area contributed by atoms with Gasteiger partial charge in [-0.15, -0.1) is 0 Å². The molecule has 0 spiro atoms. The Bertz CT molecular complexity index is 753. The number of hydrogen-bond acceptors (Lipinski definition) is 3. The number of carbonyl (C=O) groups is 2. The molecule has 1 aromatic heterocycles. The van der Waals surface area contributed by atoms with Crippen molar-refractivity contribution in [1.29, 1.82) is 0 Å². The predicted octanol–water partition coefficient (Wildman–Crippen LogP) is 2.39. The van der Waals surface area contributed by atoms with Gasteiger partial charge < -0.3 is 10.6 Å². The Kier molecular flexibility index (Phi) is 7.58. The van der Waals surface area contributed by atoms with Gasteiger partial charge in [-0.25, -0.2) is 0 Å². The predicted molar refractivity (Wildman–Crippen MR) is 106 cm³/mol. The van der Waals surface area contributed by atoms with E-state index in [2.05, 4.69) is 15.7 Å². The number of aryl methyl sites for hydroxylation is 3. The summed E-state index contributed by atoms with van der Waals surface area (Å²) < 4.78 is 1.95. The van der Waals surface area contributed by atoms with Gasteiger partial charge >= 0.3 is 0 Å². The van der Waals surface area contributed by atoms with E-state index in [1.54, 1.807) is 0 Å². The highest BCUT2D eigenvalue weighted by atomic mass is 16.2. The normalized spacial score (nSPS) is 12.0. The third-order valence-corrected chi connectivity index (χ3v) is 4.42. The van der Waals surface area contributed by atoms with Crippen LogP contribution in [0.3, 0.4) is 0 Å². The average Bonchev–Trinajstić information content (AvgIpc) is 2.94. The first-order valence-electron chi connectivity index (χ1n) is 9.49. The number of aromatic nitrogens is 2. The molecule has 0 aliphatic rings. The molecule has 2 rings (SSSR count). The van der Waals surface area contributed by atoms with Crippen molar-refractivity contribution in [2.45, 2.75) is 53.1 Å². The van der Waals surface area contributed by atoms with Crippen molar-refractivity contribution in [3.8, 4) is 0 Å². The Morgan fingerprint density at radius 2 is 1.85 bits per heavy atom. The van der Waals surface area contributed by atoms with Crippen molar-refractivity contribution < 1.29 is 9.59 Å². The third kappa shape index (κ3) is 6.55. The minimum Gasteiger partial charge on any atom is -0.354 e. The van der Waals surface area contributed by atoms with Crippen molar-refractivity contribution in [2.24, 2.45) is 5.92 Å². The molecule has 1 unspecified atom stereocenters. The van der Waals surface area contributed by atoms with Crippen molar-refractivity contribution in [3.63, 3.8) is 0 Å². The fraction of sp³-hybridized carbons (Fsp3) is 0.476. The molecular weight excluding hydrogens is 340 g/mol. The van der Waals surface area contributed by atoms with Crippen LogP contribution in [0.15, 0.2) is 36.4 Å². The average molecular weight is 370 g/mol. The van der Waals surface area contributed by atoms with E-state index in [9.17, 15) is 9.59 Å². The highest BCUT2D eigenvalue weighted by molar-refractivity contribution is 5.88. The van der Waals surface area contributed by atoms with Crippen LogP contribution in [0.4, 0.5) is 0 Å². The molecule has 6 heteroatoms. The van der Waals surface area contributed by atoms with Crippen molar-refractivity contribution in [2.75, 3.05) is 6.54 Å². The second kappa shape index (κ2) is 9.90. The summed E-state index contributed by atoms with van der Waals surface area (Å²) in [5.74, 6) is -0.266. The summed E-state index contributed by atoms with van der Waals surface area (Å²) in [7, 11) is 0. The van der Waals surface area contributed by atoms with E-state index in [4.69, 9.17) is 0 Å². The highest BCUT2D eigenvalue weighted by Crippen LogP contribution is 2.05. The molecule has 1 heterocycles. The van der Waals surface area contributed by atoms with Gasteiger partial charge in [-0.2, -0.15) is 5.10 Å². The molecule has 27 heavy (non-hydrogen) atoms. The number of nitrogens with one attached hydrogen (secondary N) is 2. The molecule has 1 aromatic carbocycles. The van der Waals surface area contributed by atoms with E-state index in [1.165, 1.54) is 0 Å². The van der Waals surface area contributed by atoms with Crippen molar-refractivity contribution in [3.05, 3.63) is 53.3 Å². The summed E-state index contributed by atoms with van der Waals surface area (Å²) in [6, 6.07) is 11.0. The Labute approximate surface area is 161 Å². The maximum atomic E-state index is 12.5. The fourth-order valence-electron chi connectivity index (χ4n) is 2.99. The van der Waals surface area contributed by atoms with E-state index < -0.39 is 6.04 Å². The lowest BCUT2D eigenvalue weighted by Gasteiger charge is -2.22. The standard InChI is InChI=1S/C21H30N4O2/c1-15(2)20(23-19(26)14-18-9-6-5-7-10-18)21(27)22-11-8-12-25-17(4)13-16(3)24-25/h5-7,9-10,13,15,20H,8,11-12,14H2,1-4H3,(H,22,27)(H,23,26). The maximum absolute atomic E-state index is 12.5. The quantitative estimate of drug-likeness (QED) is 0.666. The van der Waals surface area contributed by atoms with E-state index in [0.29, 0.717) is 6.54 Å². The van der Waals surface area contributed by atoms with Gasteiger partial charge in [-0.1, -0.05) is 44.2 Å². The van der Waals surface area contributed by atoms with E-state index in [-0.39, 0.29) is 24.2 Å². The first kappa shape index (κ1) is 20.7. The number of rotatable bonds is 9. The topological polar surface area (TPSA) is 76.0 Å². The number of amides is 2. The number of hydrogen-bond donors (Lipinski definition) is 2. The lowest BCUT2D eigenvalue weighted by molar-refractivity contribution is -0.129. The molecule has 6 nitrogen and oxygen atoms in total. The Morgan fingerprint density at radius 1 is 1.15 bits per heavy atom. The van der Waals surface area contributed by atoms with Crippen LogP contribution >= 0.6 is 0 Å². The molecule has 0 aliphatic carbocycles. The Hall–Kier alpha value is -2.63. The van der Waals surface area contributed by atoms with Gasteiger partial charge in [0, 0.05) is 18.8 Å². The fourth-order valence-corrected chi connectivity index (χ4v) is 2.99. The number of carbonyl (C=O) groups excluding carboxylic acids is 2. The molecule has 0 saturated carbocycles. The van der Waals surface area contributed by atoms with Crippen LogP contribution in [0, 0.1) is 19.8 Å². The van der Waals surface area contributed by atoms with Crippen LogP contribution < -0.4 is 10.6 Å². The van der Waals surface area contributed by atoms with Gasteiger partial charge in [-0.3, -0.25) is 14.3 Å². The molecular formula is C21H30N4O2. The lowest BCUT2D eigenvalue weighted by atomic mass is 10.0. The number of nitrogens with zero attached hydrogens (tertiary/aromatic N) is 2. The zero-order valence-electron chi connectivity index (χ0n) is 16.7. The lowest BCUT2D eigenvalue weighted by Crippen LogP contribution is -2.50. The first-order chi connectivity index (χ1) is 12.9. The molecule has 146 valence electrons. The minimum atomic E-state index is -0.533. The molecule has 0 aliphatic heterocycles. The van der Waals surface area contributed by atoms with Crippen LogP contribution in [-0.4, -0.2) is 34.2 Å². The van der Waals surface area contributed by atoms with Gasteiger partial charge in [0.1, 0.15) is 6.04 Å². The molecule has 0 radical (unpaired) electrons. The summed E-state index contributed by atoms with van der Waals surface area (Å²) in [6.45, 7) is 9.17. The van der Waals surface area contributed by atoms with E-state index >= 15 is 0 Å². The second-order valence-corrected chi connectivity index (χ2v) is 7.25. The summed E-state index contributed by atoms with van der Waals surface area (Å²) in [6.07, 6.45) is 1.06. The minimum absolute atomic E-state index is 0.0146. The molecule has 2 amide bonds. The third-order valence-electron chi connectivity index (χ3n) is 4.42. The smallest absolute Gasteiger partial charge is 0.242 e. The van der Waals surface area contributed by atoms with Crippen LogP contribution in [-0.2, 0) is 22.6 Å². The summed E-state index contributed by atoms with van der Waals surface area (Å²) in [4.78, 5) is 24.8. The molecule has 0 bridgehead atoms. The Balaban J connectivity index is 1.79. The van der Waals surface area contributed by atoms with Gasteiger partial charge in [0.25, 0.3) is 0 Å². The first-order valence-corrected chi connectivity index (χ1v) is 9.49. The molecule has 2 aromatic rings. The largest absolute Gasteiger partial charge is 0.354 e. The molecule has 0 fully saturated rings. The van der Waals surface area contributed by atoms with Crippen LogP contribution in [0.1, 0.15) is 37.2 Å². The second-order valence-electron chi connectivity index (χ2n) is 7.25. The maximum Gasteiger partial charge on any atom is 0.242 e. The van der Waals surface area contributed by atoms with Gasteiger partial charge in [0.05, 0.1) is 12.1 Å². The van der Waals surface area contributed by atoms with E-state index in [1.807, 2.05) is 68.8 Å². The zero-order chi connectivity index (χ0) is 19.8. The summed E-state index contributed by atoms with van der Waals surface area (Å²) in [5, 5.41) is 10.2. The van der Waals surface area contributed by atoms with Crippen LogP contribution in [0.5, 0.6) is 0 Å².